The minimum atomic E-state index is -0.528. The third-order valence-electron chi connectivity index (χ3n) is 3.99. The highest BCUT2D eigenvalue weighted by Crippen LogP contribution is 2.31. The molecule has 2 amide bonds. The number of rotatable bonds is 8. The fraction of sp³-hybridized carbons (Fsp3) is 0.316. The van der Waals surface area contributed by atoms with Crippen LogP contribution in [0.3, 0.4) is 0 Å². The number of hydrogen-bond donors (Lipinski definition) is 1. The molecule has 0 radical (unpaired) electrons. The first kappa shape index (κ1) is 18.9. The Bertz CT molecular complexity index is 806. The monoisotopic (exact) mass is 388 g/mol. The van der Waals surface area contributed by atoms with Gasteiger partial charge in [-0.15, -0.1) is 11.3 Å². The lowest BCUT2D eigenvalue weighted by Crippen LogP contribution is -2.40. The molecule has 7 nitrogen and oxygen atoms in total. The van der Waals surface area contributed by atoms with Gasteiger partial charge in [-0.2, -0.15) is 0 Å². The van der Waals surface area contributed by atoms with Gasteiger partial charge in [0.2, 0.25) is 0 Å². The molecule has 1 N–H and O–H groups in total. The van der Waals surface area contributed by atoms with Crippen LogP contribution in [-0.4, -0.2) is 44.1 Å². The van der Waals surface area contributed by atoms with Crippen LogP contribution in [0.1, 0.15) is 11.3 Å². The SMILES string of the molecule is O=C(COC(=O)CCN1C(=O)COc2ccccc21)NCCc1cccs1. The Labute approximate surface area is 160 Å². The first-order valence-corrected chi connectivity index (χ1v) is 9.48. The Kier molecular flexibility index (Phi) is 6.43. The maximum absolute atomic E-state index is 12.0. The Morgan fingerprint density at radius 1 is 1.22 bits per heavy atom. The molecule has 0 unspecified atom stereocenters. The topological polar surface area (TPSA) is 84.9 Å². The van der Waals surface area contributed by atoms with Crippen molar-refractivity contribution in [2.45, 2.75) is 12.8 Å². The molecule has 1 aliphatic heterocycles. The van der Waals surface area contributed by atoms with Crippen molar-refractivity contribution in [2.24, 2.45) is 0 Å². The van der Waals surface area contributed by atoms with E-state index in [0.29, 0.717) is 18.0 Å². The van der Waals surface area contributed by atoms with E-state index in [1.54, 1.807) is 29.5 Å². The fourth-order valence-corrected chi connectivity index (χ4v) is 3.36. The first-order chi connectivity index (χ1) is 13.1. The van der Waals surface area contributed by atoms with Gasteiger partial charge >= 0.3 is 5.97 Å². The van der Waals surface area contributed by atoms with Crippen molar-refractivity contribution in [2.75, 3.05) is 31.2 Å². The van der Waals surface area contributed by atoms with Gasteiger partial charge in [-0.1, -0.05) is 18.2 Å². The summed E-state index contributed by atoms with van der Waals surface area (Å²) in [6, 6.07) is 11.1. The second-order valence-electron chi connectivity index (χ2n) is 5.89. The Hall–Kier alpha value is -2.87. The summed E-state index contributed by atoms with van der Waals surface area (Å²) in [4.78, 5) is 38.4. The number of carbonyl (C=O) groups is 3. The number of nitrogens with one attached hydrogen (secondary N) is 1. The first-order valence-electron chi connectivity index (χ1n) is 8.60. The number of amides is 2. The Balaban J connectivity index is 1.38. The van der Waals surface area contributed by atoms with Crippen LogP contribution < -0.4 is 15.0 Å². The quantitative estimate of drug-likeness (QED) is 0.697. The molecule has 0 bridgehead atoms. The van der Waals surface area contributed by atoms with Crippen LogP contribution in [-0.2, 0) is 25.5 Å². The van der Waals surface area contributed by atoms with E-state index in [0.717, 1.165) is 6.42 Å². The van der Waals surface area contributed by atoms with Gasteiger partial charge in [0.25, 0.3) is 11.8 Å². The Morgan fingerprint density at radius 3 is 2.89 bits per heavy atom. The van der Waals surface area contributed by atoms with E-state index in [4.69, 9.17) is 9.47 Å². The third-order valence-corrected chi connectivity index (χ3v) is 4.92. The molecule has 0 spiro atoms. The van der Waals surface area contributed by atoms with Gasteiger partial charge in [-0.3, -0.25) is 14.4 Å². The van der Waals surface area contributed by atoms with Crippen molar-refractivity contribution in [3.05, 3.63) is 46.7 Å². The standard InChI is InChI=1S/C19H20N2O5S/c22-17(20-9-7-14-4-3-11-27-14)12-26-19(24)8-10-21-15-5-1-2-6-16(15)25-13-18(21)23/h1-6,11H,7-10,12-13H2,(H,20,22). The molecule has 0 saturated carbocycles. The summed E-state index contributed by atoms with van der Waals surface area (Å²) in [6.45, 7) is 0.295. The van der Waals surface area contributed by atoms with E-state index in [9.17, 15) is 14.4 Å². The molecule has 0 fully saturated rings. The van der Waals surface area contributed by atoms with Gasteiger partial charge in [-0.05, 0) is 30.0 Å². The van der Waals surface area contributed by atoms with E-state index >= 15 is 0 Å². The van der Waals surface area contributed by atoms with Crippen molar-refractivity contribution in [3.8, 4) is 5.75 Å². The van der Waals surface area contributed by atoms with Gasteiger partial charge in [0.1, 0.15) is 5.75 Å². The summed E-state index contributed by atoms with van der Waals surface area (Å²) in [7, 11) is 0. The summed E-state index contributed by atoms with van der Waals surface area (Å²) >= 11 is 1.63. The number of hydrogen-bond acceptors (Lipinski definition) is 6. The van der Waals surface area contributed by atoms with E-state index < -0.39 is 5.97 Å². The molecule has 8 heteroatoms. The van der Waals surface area contributed by atoms with E-state index in [1.807, 2.05) is 23.6 Å². The molecule has 3 rings (SSSR count). The molecule has 0 aliphatic carbocycles. The number of anilines is 1. The maximum atomic E-state index is 12.0. The van der Waals surface area contributed by atoms with Gasteiger partial charge in [0.05, 0.1) is 12.1 Å². The lowest BCUT2D eigenvalue weighted by atomic mass is 10.2. The second-order valence-corrected chi connectivity index (χ2v) is 6.92. The summed E-state index contributed by atoms with van der Waals surface area (Å²) in [5.74, 6) is -0.476. The molecule has 1 aromatic carbocycles. The van der Waals surface area contributed by atoms with Crippen molar-refractivity contribution >= 4 is 34.8 Å². The molecule has 2 aromatic rings. The van der Waals surface area contributed by atoms with E-state index in [-0.39, 0.29) is 38.0 Å². The summed E-state index contributed by atoms with van der Waals surface area (Å²) in [5, 5.41) is 4.69. The average molecular weight is 388 g/mol. The maximum Gasteiger partial charge on any atom is 0.308 e. The predicted octanol–water partition coefficient (Wildman–Crippen LogP) is 1.77. The van der Waals surface area contributed by atoms with Crippen LogP contribution in [0.25, 0.3) is 0 Å². The summed E-state index contributed by atoms with van der Waals surface area (Å²) in [5.41, 5.74) is 0.632. The summed E-state index contributed by atoms with van der Waals surface area (Å²) in [6.07, 6.45) is 0.748. The van der Waals surface area contributed by atoms with Crippen LogP contribution in [0.5, 0.6) is 5.75 Å². The van der Waals surface area contributed by atoms with Gasteiger partial charge in [0.15, 0.2) is 13.2 Å². The molecule has 0 atom stereocenters. The molecular formula is C19H20N2O5S. The van der Waals surface area contributed by atoms with E-state index in [2.05, 4.69) is 5.32 Å². The second kappa shape index (κ2) is 9.18. The lowest BCUT2D eigenvalue weighted by molar-refractivity contribution is -0.148. The number of ether oxygens (including phenoxy) is 2. The molecule has 27 heavy (non-hydrogen) atoms. The van der Waals surface area contributed by atoms with Gasteiger partial charge < -0.3 is 19.7 Å². The number of esters is 1. The Morgan fingerprint density at radius 2 is 2.07 bits per heavy atom. The van der Waals surface area contributed by atoms with Crippen LogP contribution in [0.4, 0.5) is 5.69 Å². The minimum absolute atomic E-state index is 0.00253. The van der Waals surface area contributed by atoms with Crippen molar-refractivity contribution in [1.29, 1.82) is 0 Å². The molecule has 1 aromatic heterocycles. The number of thiophene rings is 1. The lowest BCUT2D eigenvalue weighted by Gasteiger charge is -2.28. The van der Waals surface area contributed by atoms with Crippen LogP contribution >= 0.6 is 11.3 Å². The van der Waals surface area contributed by atoms with E-state index in [1.165, 1.54) is 9.78 Å². The largest absolute Gasteiger partial charge is 0.482 e. The molecule has 1 aliphatic rings. The number of nitrogens with zero attached hydrogens (tertiary/aromatic N) is 1. The molecule has 142 valence electrons. The van der Waals surface area contributed by atoms with Crippen molar-refractivity contribution in [3.63, 3.8) is 0 Å². The van der Waals surface area contributed by atoms with Crippen LogP contribution in [0.15, 0.2) is 41.8 Å². The van der Waals surface area contributed by atoms with Gasteiger partial charge in [0, 0.05) is 18.0 Å². The number of carbonyl (C=O) groups excluding carboxylic acids is 3. The fourth-order valence-electron chi connectivity index (χ4n) is 2.65. The van der Waals surface area contributed by atoms with Crippen LogP contribution in [0, 0.1) is 0 Å². The highest BCUT2D eigenvalue weighted by Gasteiger charge is 2.25. The molecular weight excluding hydrogens is 368 g/mol. The zero-order valence-corrected chi connectivity index (χ0v) is 15.5. The van der Waals surface area contributed by atoms with Crippen LogP contribution in [0.2, 0.25) is 0 Å². The van der Waals surface area contributed by atoms with Crippen molar-refractivity contribution < 1.29 is 23.9 Å². The predicted molar refractivity (Wildman–Crippen MR) is 101 cm³/mol. The van der Waals surface area contributed by atoms with Crippen molar-refractivity contribution in [1.82, 2.24) is 5.32 Å². The highest BCUT2D eigenvalue weighted by atomic mass is 32.1. The number of benzene rings is 1. The smallest absolute Gasteiger partial charge is 0.308 e. The third kappa shape index (κ3) is 5.30. The molecule has 2 heterocycles. The highest BCUT2D eigenvalue weighted by molar-refractivity contribution is 7.09. The average Bonchev–Trinajstić information content (AvgIpc) is 3.19. The summed E-state index contributed by atoms with van der Waals surface area (Å²) < 4.78 is 10.3. The van der Waals surface area contributed by atoms with Gasteiger partial charge in [-0.25, -0.2) is 0 Å². The number of para-hydroxylation sites is 2. The molecule has 0 saturated heterocycles. The minimum Gasteiger partial charge on any atom is -0.482 e. The number of fused-ring (bicyclic) bond motifs is 1. The normalized spacial score (nSPS) is 12.9. The zero-order valence-electron chi connectivity index (χ0n) is 14.7. The zero-order chi connectivity index (χ0) is 19.1.